The van der Waals surface area contributed by atoms with Gasteiger partial charge in [0.25, 0.3) is 0 Å². The van der Waals surface area contributed by atoms with Crippen LogP contribution in [0.1, 0.15) is 46.0 Å². The standard InChI is InChI=1S/C14H22N2O3/c1-3-19-13(17)11-9(2)15-14(18)16-12(11)10-7-5-4-6-8-10/h10,12H,3-8H2,1-2H3,(H2,15,16,18)/t12-/m0/s1. The molecule has 1 atom stereocenters. The summed E-state index contributed by atoms with van der Waals surface area (Å²) in [5.41, 5.74) is 1.21. The average molecular weight is 266 g/mol. The SMILES string of the molecule is CCOC(=O)C1=C(C)NC(=O)N[C@H]1C1CCCCC1. The molecule has 0 aromatic carbocycles. The van der Waals surface area contributed by atoms with E-state index in [9.17, 15) is 9.59 Å². The minimum atomic E-state index is -0.317. The van der Waals surface area contributed by atoms with Crippen LogP contribution in [0, 0.1) is 5.92 Å². The fourth-order valence-corrected chi connectivity index (χ4v) is 3.03. The molecule has 0 unspecified atom stereocenters. The van der Waals surface area contributed by atoms with Gasteiger partial charge in [-0.15, -0.1) is 0 Å². The molecule has 0 spiro atoms. The number of hydrogen-bond donors (Lipinski definition) is 2. The van der Waals surface area contributed by atoms with Crippen molar-refractivity contribution in [3.8, 4) is 0 Å². The van der Waals surface area contributed by atoms with Gasteiger partial charge in [0, 0.05) is 5.70 Å². The first-order valence-electron chi connectivity index (χ1n) is 7.09. The minimum absolute atomic E-state index is 0.201. The molecular formula is C14H22N2O3. The zero-order valence-electron chi connectivity index (χ0n) is 11.6. The normalized spacial score (nSPS) is 24.7. The number of nitrogens with one attached hydrogen (secondary N) is 2. The average Bonchev–Trinajstić information content (AvgIpc) is 2.39. The lowest BCUT2D eigenvalue weighted by Gasteiger charge is -2.35. The third-order valence-corrected chi connectivity index (χ3v) is 3.92. The van der Waals surface area contributed by atoms with Crippen molar-refractivity contribution in [3.63, 3.8) is 0 Å². The van der Waals surface area contributed by atoms with Crippen LogP contribution in [0.4, 0.5) is 4.79 Å². The molecule has 1 fully saturated rings. The second-order valence-electron chi connectivity index (χ2n) is 5.23. The zero-order valence-corrected chi connectivity index (χ0v) is 11.6. The van der Waals surface area contributed by atoms with Crippen LogP contribution in [0.15, 0.2) is 11.3 Å². The maximum absolute atomic E-state index is 12.1. The van der Waals surface area contributed by atoms with E-state index in [1.807, 2.05) is 0 Å². The molecule has 0 saturated heterocycles. The van der Waals surface area contributed by atoms with Gasteiger partial charge in [0.15, 0.2) is 0 Å². The number of carbonyl (C=O) groups excluding carboxylic acids is 2. The first-order chi connectivity index (χ1) is 9.13. The Labute approximate surface area is 113 Å². The third kappa shape index (κ3) is 3.08. The molecule has 1 saturated carbocycles. The predicted octanol–water partition coefficient (Wildman–Crippen LogP) is 2.09. The Morgan fingerprint density at radius 2 is 2.00 bits per heavy atom. The number of esters is 1. The summed E-state index contributed by atoms with van der Waals surface area (Å²) in [6.07, 6.45) is 5.69. The van der Waals surface area contributed by atoms with Gasteiger partial charge in [0.05, 0.1) is 18.2 Å². The summed E-state index contributed by atoms with van der Waals surface area (Å²) in [5, 5.41) is 5.56. The van der Waals surface area contributed by atoms with Crippen LogP contribution in [0.25, 0.3) is 0 Å². The lowest BCUT2D eigenvalue weighted by atomic mass is 9.80. The smallest absolute Gasteiger partial charge is 0.337 e. The molecule has 1 heterocycles. The maximum atomic E-state index is 12.1. The number of hydrogen-bond acceptors (Lipinski definition) is 3. The molecule has 106 valence electrons. The van der Waals surface area contributed by atoms with Gasteiger partial charge in [-0.1, -0.05) is 19.3 Å². The van der Waals surface area contributed by atoms with Crippen LogP contribution < -0.4 is 10.6 Å². The van der Waals surface area contributed by atoms with Gasteiger partial charge >= 0.3 is 12.0 Å². The summed E-state index contributed by atoms with van der Waals surface area (Å²) in [4.78, 5) is 23.7. The Morgan fingerprint density at radius 3 is 2.63 bits per heavy atom. The lowest BCUT2D eigenvalue weighted by molar-refractivity contribution is -0.139. The van der Waals surface area contributed by atoms with E-state index in [1.54, 1.807) is 13.8 Å². The molecule has 1 aliphatic carbocycles. The maximum Gasteiger partial charge on any atom is 0.337 e. The first kappa shape index (κ1) is 13.9. The number of allylic oxidation sites excluding steroid dienone is 1. The second-order valence-corrected chi connectivity index (χ2v) is 5.23. The van der Waals surface area contributed by atoms with Crippen molar-refractivity contribution in [1.29, 1.82) is 0 Å². The van der Waals surface area contributed by atoms with Gasteiger partial charge in [-0.05, 0) is 32.6 Å². The zero-order chi connectivity index (χ0) is 13.8. The molecule has 2 rings (SSSR count). The molecule has 0 aromatic heterocycles. The molecule has 5 nitrogen and oxygen atoms in total. The summed E-state index contributed by atoms with van der Waals surface area (Å²) in [7, 11) is 0. The van der Waals surface area contributed by atoms with E-state index in [1.165, 1.54) is 19.3 Å². The second kappa shape index (κ2) is 6.08. The largest absolute Gasteiger partial charge is 0.463 e. The van der Waals surface area contributed by atoms with Crippen molar-refractivity contribution >= 4 is 12.0 Å². The van der Waals surface area contributed by atoms with E-state index in [0.29, 0.717) is 23.8 Å². The van der Waals surface area contributed by atoms with Crippen LogP contribution in [-0.4, -0.2) is 24.6 Å². The molecule has 5 heteroatoms. The van der Waals surface area contributed by atoms with Crippen molar-refractivity contribution in [2.75, 3.05) is 6.61 Å². The molecule has 0 radical (unpaired) electrons. The van der Waals surface area contributed by atoms with Gasteiger partial charge in [0.1, 0.15) is 0 Å². The summed E-state index contributed by atoms with van der Waals surface area (Å²) >= 11 is 0. The van der Waals surface area contributed by atoms with E-state index in [4.69, 9.17) is 4.74 Å². The van der Waals surface area contributed by atoms with Gasteiger partial charge < -0.3 is 15.4 Å². The van der Waals surface area contributed by atoms with Crippen LogP contribution >= 0.6 is 0 Å². The van der Waals surface area contributed by atoms with Crippen molar-refractivity contribution in [3.05, 3.63) is 11.3 Å². The van der Waals surface area contributed by atoms with Crippen molar-refractivity contribution in [1.82, 2.24) is 10.6 Å². The fraction of sp³-hybridized carbons (Fsp3) is 0.714. The fourth-order valence-electron chi connectivity index (χ4n) is 3.03. The molecule has 19 heavy (non-hydrogen) atoms. The Bertz CT molecular complexity index is 397. The highest BCUT2D eigenvalue weighted by Gasteiger charge is 2.36. The van der Waals surface area contributed by atoms with Crippen LogP contribution in [-0.2, 0) is 9.53 Å². The molecule has 0 bridgehead atoms. The van der Waals surface area contributed by atoms with Crippen molar-refractivity contribution < 1.29 is 14.3 Å². The Kier molecular flexibility index (Phi) is 4.45. The topological polar surface area (TPSA) is 67.4 Å². The minimum Gasteiger partial charge on any atom is -0.463 e. The summed E-state index contributed by atoms with van der Waals surface area (Å²) in [6, 6.07) is -0.422. The Balaban J connectivity index is 2.23. The van der Waals surface area contributed by atoms with E-state index in [0.717, 1.165) is 12.8 Å². The van der Waals surface area contributed by atoms with Gasteiger partial charge in [-0.3, -0.25) is 0 Å². The number of carbonyl (C=O) groups is 2. The van der Waals surface area contributed by atoms with Gasteiger partial charge in [-0.2, -0.15) is 0 Å². The van der Waals surface area contributed by atoms with E-state index in [-0.39, 0.29) is 18.0 Å². The Morgan fingerprint density at radius 1 is 1.32 bits per heavy atom. The van der Waals surface area contributed by atoms with Crippen LogP contribution in [0.2, 0.25) is 0 Å². The highest BCUT2D eigenvalue weighted by molar-refractivity contribution is 5.94. The van der Waals surface area contributed by atoms with E-state index < -0.39 is 0 Å². The van der Waals surface area contributed by atoms with Gasteiger partial charge in [0.2, 0.25) is 0 Å². The summed E-state index contributed by atoms with van der Waals surface area (Å²) in [5.74, 6) is 0.0252. The highest BCUT2D eigenvalue weighted by atomic mass is 16.5. The molecule has 2 aliphatic rings. The lowest BCUT2D eigenvalue weighted by Crippen LogP contribution is -2.53. The van der Waals surface area contributed by atoms with Crippen LogP contribution in [0.5, 0.6) is 0 Å². The highest BCUT2D eigenvalue weighted by Crippen LogP contribution is 2.31. The monoisotopic (exact) mass is 266 g/mol. The molecule has 0 aromatic rings. The Hall–Kier alpha value is -1.52. The van der Waals surface area contributed by atoms with Gasteiger partial charge in [-0.25, -0.2) is 9.59 Å². The summed E-state index contributed by atoms with van der Waals surface area (Å²) < 4.78 is 5.12. The molecular weight excluding hydrogens is 244 g/mol. The molecule has 1 aliphatic heterocycles. The number of urea groups is 1. The van der Waals surface area contributed by atoms with Crippen LogP contribution in [0.3, 0.4) is 0 Å². The van der Waals surface area contributed by atoms with Crippen molar-refractivity contribution in [2.45, 2.75) is 52.0 Å². The number of ether oxygens (including phenoxy) is 1. The molecule has 2 N–H and O–H groups in total. The number of amides is 2. The van der Waals surface area contributed by atoms with E-state index >= 15 is 0 Å². The predicted molar refractivity (Wildman–Crippen MR) is 71.4 cm³/mol. The van der Waals surface area contributed by atoms with Crippen molar-refractivity contribution in [2.24, 2.45) is 5.92 Å². The number of rotatable bonds is 3. The molecule has 2 amide bonds. The first-order valence-corrected chi connectivity index (χ1v) is 7.09. The quantitative estimate of drug-likeness (QED) is 0.769. The third-order valence-electron chi connectivity index (χ3n) is 3.92. The summed E-state index contributed by atoms with van der Waals surface area (Å²) in [6.45, 7) is 3.90. The van der Waals surface area contributed by atoms with E-state index in [2.05, 4.69) is 10.6 Å².